The van der Waals surface area contributed by atoms with Gasteiger partial charge in [0.15, 0.2) is 0 Å². The second-order valence-electron chi connectivity index (χ2n) is 24.3. The van der Waals surface area contributed by atoms with Gasteiger partial charge in [0.2, 0.25) is 0 Å². The van der Waals surface area contributed by atoms with Gasteiger partial charge in [-0.3, -0.25) is 0 Å². The molecule has 13 aromatic carbocycles. The Labute approximate surface area is 579 Å². The zero-order chi connectivity index (χ0) is 64.7. The highest BCUT2D eigenvalue weighted by atomic mass is 32.1. The van der Waals surface area contributed by atoms with Crippen molar-refractivity contribution in [1.29, 1.82) is 0 Å². The number of hydrogen-bond acceptors (Lipinski definition) is 5. The molecule has 2 nitrogen and oxygen atoms in total. The van der Waals surface area contributed by atoms with Crippen LogP contribution in [0.2, 0.25) is 0 Å². The van der Waals surface area contributed by atoms with Crippen LogP contribution in [0.1, 0.15) is 78.6 Å². The third kappa shape index (κ3) is 12.5. The Balaban J connectivity index is 0.797. The molecule has 0 radical (unpaired) electrons. The highest BCUT2D eigenvalue weighted by Crippen LogP contribution is 2.50. The molecule has 16 aromatic rings. The minimum atomic E-state index is 0.0971. The molecule has 97 heavy (non-hydrogen) atoms. The summed E-state index contributed by atoms with van der Waals surface area (Å²) < 4.78 is 10.3. The molecule has 0 aliphatic rings. The molecule has 0 aliphatic heterocycles. The maximum Gasteiger partial charge on any atom is 0.114 e. The number of fused-ring (bicyclic) bond motifs is 1. The van der Waals surface area contributed by atoms with Crippen LogP contribution in [0.5, 0.6) is 0 Å². The lowest BCUT2D eigenvalue weighted by Gasteiger charge is -2.29. The van der Waals surface area contributed by atoms with Gasteiger partial charge in [-0.15, -0.1) is 22.7 Å². The van der Waals surface area contributed by atoms with E-state index in [4.69, 9.17) is 8.75 Å². The number of aromatic nitrogens is 2. The largest absolute Gasteiger partial charge is 0.172 e. The Morgan fingerprint density at radius 1 is 0.216 bits per heavy atom. The van der Waals surface area contributed by atoms with E-state index in [1.165, 1.54) is 77.8 Å². The van der Waals surface area contributed by atoms with Crippen molar-refractivity contribution < 1.29 is 0 Å². The number of hydrogen-bond donors (Lipinski definition) is 0. The highest BCUT2D eigenvalue weighted by molar-refractivity contribution is 7.20. The Bertz CT molecular complexity index is 5240. The SMILES string of the molecule is c1ccc(C(=C(c2ccccc2)c2ccc(-c3cc(-c4ccc(C(=C(c5ccccc5)c5ccccc5)c5ccccc5)cc4)c(-c4ccc(-c5ccc(-c6ccc(C(c7ccccc7)C(c7ccccc7)c7ccccc7)cc6)s5)c5nsnc45)s3)cc2)c2ccccc2)cc1. The summed E-state index contributed by atoms with van der Waals surface area (Å²) in [6.45, 7) is 0. The van der Waals surface area contributed by atoms with E-state index in [1.807, 2.05) is 11.3 Å². The molecule has 0 saturated carbocycles. The Morgan fingerprint density at radius 2 is 0.505 bits per heavy atom. The van der Waals surface area contributed by atoms with Gasteiger partial charge >= 0.3 is 0 Å². The summed E-state index contributed by atoms with van der Waals surface area (Å²) in [4.78, 5) is 4.67. The summed E-state index contributed by atoms with van der Waals surface area (Å²) in [5.74, 6) is 0.218. The third-order valence-electron chi connectivity index (χ3n) is 18.4. The van der Waals surface area contributed by atoms with Crippen molar-refractivity contribution in [2.45, 2.75) is 11.8 Å². The van der Waals surface area contributed by atoms with E-state index in [0.717, 1.165) is 86.9 Å². The minimum absolute atomic E-state index is 0.0971. The van der Waals surface area contributed by atoms with Crippen LogP contribution in [0.4, 0.5) is 0 Å². The first-order valence-corrected chi connectivity index (χ1v) is 35.3. The van der Waals surface area contributed by atoms with Crippen molar-refractivity contribution in [1.82, 2.24) is 8.75 Å². The summed E-state index contributed by atoms with van der Waals surface area (Å²) in [5.41, 5.74) is 27.7. The zero-order valence-electron chi connectivity index (χ0n) is 53.1. The van der Waals surface area contributed by atoms with Crippen molar-refractivity contribution in [2.24, 2.45) is 0 Å². The number of rotatable bonds is 18. The maximum absolute atomic E-state index is 5.18. The Morgan fingerprint density at radius 3 is 0.887 bits per heavy atom. The topological polar surface area (TPSA) is 25.8 Å². The van der Waals surface area contributed by atoms with Gasteiger partial charge in [0.1, 0.15) is 11.0 Å². The van der Waals surface area contributed by atoms with E-state index in [9.17, 15) is 0 Å². The summed E-state index contributed by atoms with van der Waals surface area (Å²) in [5, 5.41) is 0. The quantitative estimate of drug-likeness (QED) is 0.0800. The molecular formula is C92H64N2S3. The predicted molar refractivity (Wildman–Crippen MR) is 412 cm³/mol. The average molecular weight is 1290 g/mol. The molecule has 3 heterocycles. The van der Waals surface area contributed by atoms with Crippen molar-refractivity contribution in [3.63, 3.8) is 0 Å². The van der Waals surface area contributed by atoms with Crippen molar-refractivity contribution in [3.8, 4) is 52.9 Å². The van der Waals surface area contributed by atoms with Crippen LogP contribution in [0.3, 0.4) is 0 Å². The molecule has 1 atom stereocenters. The summed E-state index contributed by atoms with van der Waals surface area (Å²) in [6.07, 6.45) is 0. The highest BCUT2D eigenvalue weighted by Gasteiger charge is 2.29. The number of benzene rings is 13. The van der Waals surface area contributed by atoms with Gasteiger partial charge in [0, 0.05) is 48.0 Å². The van der Waals surface area contributed by atoms with Gasteiger partial charge in [-0.05, 0) is 124 Å². The minimum Gasteiger partial charge on any atom is -0.172 e. The predicted octanol–water partition coefficient (Wildman–Crippen LogP) is 25.1. The second-order valence-corrected chi connectivity index (χ2v) is 27.0. The Hall–Kier alpha value is -11.4. The van der Waals surface area contributed by atoms with Gasteiger partial charge in [-0.2, -0.15) is 8.75 Å². The molecule has 0 fully saturated rings. The molecule has 0 amide bonds. The van der Waals surface area contributed by atoms with E-state index in [0.29, 0.717) is 0 Å². The van der Waals surface area contributed by atoms with Gasteiger partial charge in [-0.25, -0.2) is 0 Å². The lowest BCUT2D eigenvalue weighted by atomic mass is 9.73. The van der Waals surface area contributed by atoms with E-state index in [2.05, 4.69) is 376 Å². The molecule has 0 N–H and O–H groups in total. The molecular weight excluding hydrogens is 1230 g/mol. The van der Waals surface area contributed by atoms with Crippen LogP contribution < -0.4 is 0 Å². The molecule has 1 unspecified atom stereocenters. The lowest BCUT2D eigenvalue weighted by molar-refractivity contribution is 0.694. The lowest BCUT2D eigenvalue weighted by Crippen LogP contribution is -2.14. The molecule has 0 bridgehead atoms. The van der Waals surface area contributed by atoms with Crippen molar-refractivity contribution in [2.75, 3.05) is 0 Å². The first-order valence-electron chi connectivity index (χ1n) is 32.9. The van der Waals surface area contributed by atoms with E-state index in [-0.39, 0.29) is 11.8 Å². The first kappa shape index (κ1) is 60.5. The fourth-order valence-electron chi connectivity index (χ4n) is 13.9. The maximum atomic E-state index is 5.18. The summed E-state index contributed by atoms with van der Waals surface area (Å²) >= 11 is 4.91. The van der Waals surface area contributed by atoms with Crippen LogP contribution >= 0.6 is 34.4 Å². The number of thiophene rings is 2. The van der Waals surface area contributed by atoms with Crippen LogP contribution in [-0.4, -0.2) is 8.75 Å². The molecule has 3 aromatic heterocycles. The molecule has 0 spiro atoms. The van der Waals surface area contributed by atoms with Gasteiger partial charge in [-0.1, -0.05) is 358 Å². The van der Waals surface area contributed by atoms with Gasteiger partial charge in [0.05, 0.1) is 11.7 Å². The first-order chi connectivity index (χ1) is 48.1. The molecule has 5 heteroatoms. The van der Waals surface area contributed by atoms with E-state index < -0.39 is 0 Å². The van der Waals surface area contributed by atoms with Gasteiger partial charge in [0.25, 0.3) is 0 Å². The normalized spacial score (nSPS) is 11.6. The van der Waals surface area contributed by atoms with Crippen LogP contribution in [0.25, 0.3) is 86.2 Å². The molecule has 0 saturated heterocycles. The summed E-state index contributed by atoms with van der Waals surface area (Å²) in [6, 6.07) is 137. The van der Waals surface area contributed by atoms with Crippen LogP contribution in [0, 0.1) is 0 Å². The summed E-state index contributed by atoms with van der Waals surface area (Å²) in [7, 11) is 0. The molecule has 460 valence electrons. The smallest absolute Gasteiger partial charge is 0.114 e. The van der Waals surface area contributed by atoms with Gasteiger partial charge < -0.3 is 0 Å². The Kier molecular flexibility index (Phi) is 17.4. The van der Waals surface area contributed by atoms with E-state index >= 15 is 0 Å². The standard InChI is InChI=1S/C92H64N2S3/c1-10-28-66(29-11-1)84(67-30-12-2-13-31-67)87(72-40-22-7-23-41-72)75-52-46-63(47-53-75)80-62-83(65-50-56-77(57-51-65)89(74-44-26-9-27-45-74)86(70-36-18-5-19-37-70)71-38-20-6-21-39-71)96-92(80)79-59-58-78(90-91(79)94-97-93-90)82-61-60-81(95-82)64-48-54-76(55-49-64)88(73-42-24-8-25-43-73)85(68-32-14-3-15-33-68)69-34-16-4-17-35-69/h1-62,85,88H. The molecule has 16 rings (SSSR count). The zero-order valence-corrected chi connectivity index (χ0v) is 55.5. The van der Waals surface area contributed by atoms with Crippen molar-refractivity contribution >= 4 is 67.7 Å². The van der Waals surface area contributed by atoms with Crippen molar-refractivity contribution in [3.05, 3.63) is 443 Å². The van der Waals surface area contributed by atoms with Crippen LogP contribution in [0.15, 0.2) is 376 Å². The molecule has 0 aliphatic carbocycles. The monoisotopic (exact) mass is 1290 g/mol. The third-order valence-corrected chi connectivity index (χ3v) is 21.4. The second kappa shape index (κ2) is 27.9. The van der Waals surface area contributed by atoms with Crippen LogP contribution in [-0.2, 0) is 0 Å². The number of nitrogens with zero attached hydrogens (tertiary/aromatic N) is 2. The van der Waals surface area contributed by atoms with E-state index in [1.54, 1.807) is 11.3 Å². The fourth-order valence-corrected chi connectivity index (χ4v) is 16.7. The average Bonchev–Trinajstić information content (AvgIpc) is 1.63. The fraction of sp³-hybridized carbons (Fsp3) is 0.0217.